The quantitative estimate of drug-likeness (QED) is 0.633. The first kappa shape index (κ1) is 18.9. The Labute approximate surface area is 162 Å². The van der Waals surface area contributed by atoms with E-state index in [1.54, 1.807) is 24.4 Å². The second kappa shape index (κ2) is 9.14. The van der Waals surface area contributed by atoms with E-state index >= 15 is 0 Å². The molecule has 0 aliphatic heterocycles. The number of carbonyl (C=O) groups is 1. The number of hydrogen-bond acceptors (Lipinski definition) is 3. The third-order valence-electron chi connectivity index (χ3n) is 4.00. The summed E-state index contributed by atoms with van der Waals surface area (Å²) in [5.74, 6) is -0.452. The highest BCUT2D eigenvalue weighted by Gasteiger charge is 2.07. The van der Waals surface area contributed by atoms with Gasteiger partial charge in [0.15, 0.2) is 0 Å². The van der Waals surface area contributed by atoms with E-state index in [1.165, 1.54) is 18.3 Å². The predicted molar refractivity (Wildman–Crippen MR) is 105 cm³/mol. The SMILES string of the molecule is O=C(NCCc1cccc(Cl)c1)c1cncc(NCc2ccc(F)cc2)c1. The number of carbonyl (C=O) groups excluding carboxylic acids is 1. The average molecular weight is 384 g/mol. The molecule has 0 spiro atoms. The minimum atomic E-state index is -0.267. The van der Waals surface area contributed by atoms with Crippen molar-refractivity contribution >= 4 is 23.2 Å². The Kier molecular flexibility index (Phi) is 6.39. The van der Waals surface area contributed by atoms with Crippen LogP contribution in [-0.4, -0.2) is 17.4 Å². The summed E-state index contributed by atoms with van der Waals surface area (Å²) >= 11 is 5.96. The van der Waals surface area contributed by atoms with Crippen LogP contribution in [0.1, 0.15) is 21.5 Å². The molecule has 0 fully saturated rings. The first-order chi connectivity index (χ1) is 13.1. The molecule has 1 heterocycles. The third-order valence-corrected chi connectivity index (χ3v) is 4.23. The Morgan fingerprint density at radius 1 is 1.04 bits per heavy atom. The van der Waals surface area contributed by atoms with Gasteiger partial charge in [-0.3, -0.25) is 9.78 Å². The van der Waals surface area contributed by atoms with Crippen molar-refractivity contribution in [3.63, 3.8) is 0 Å². The van der Waals surface area contributed by atoms with E-state index in [0.29, 0.717) is 30.1 Å². The predicted octanol–water partition coefficient (Wildman–Crippen LogP) is 4.46. The van der Waals surface area contributed by atoms with Crippen molar-refractivity contribution in [3.05, 3.63) is 94.5 Å². The molecular weight excluding hydrogens is 365 g/mol. The summed E-state index contributed by atoms with van der Waals surface area (Å²) in [5.41, 5.74) is 3.20. The minimum Gasteiger partial charge on any atom is -0.380 e. The molecule has 0 atom stereocenters. The molecule has 27 heavy (non-hydrogen) atoms. The van der Waals surface area contributed by atoms with Crippen molar-refractivity contribution in [2.24, 2.45) is 0 Å². The van der Waals surface area contributed by atoms with Gasteiger partial charge in [0.2, 0.25) is 0 Å². The average Bonchev–Trinajstić information content (AvgIpc) is 2.68. The molecule has 0 aliphatic rings. The molecule has 0 unspecified atom stereocenters. The number of rotatable bonds is 7. The zero-order valence-corrected chi connectivity index (χ0v) is 15.3. The van der Waals surface area contributed by atoms with E-state index in [0.717, 1.165) is 16.8 Å². The molecule has 2 N–H and O–H groups in total. The lowest BCUT2D eigenvalue weighted by molar-refractivity contribution is 0.0954. The first-order valence-electron chi connectivity index (χ1n) is 8.56. The summed E-state index contributed by atoms with van der Waals surface area (Å²) in [5, 5.41) is 6.75. The summed E-state index contributed by atoms with van der Waals surface area (Å²) in [6.07, 6.45) is 3.87. The molecule has 0 aliphatic carbocycles. The van der Waals surface area contributed by atoms with Crippen molar-refractivity contribution in [3.8, 4) is 0 Å². The molecular formula is C21H19ClFN3O. The standard InChI is InChI=1S/C21H19ClFN3O/c22-18-3-1-2-15(10-18)8-9-25-21(27)17-11-20(14-24-13-17)26-12-16-4-6-19(23)7-5-16/h1-7,10-11,13-14,26H,8-9,12H2,(H,25,27). The highest BCUT2D eigenvalue weighted by Crippen LogP contribution is 2.12. The van der Waals surface area contributed by atoms with Crippen LogP contribution in [0.3, 0.4) is 0 Å². The van der Waals surface area contributed by atoms with Gasteiger partial charge in [0.1, 0.15) is 5.82 Å². The summed E-state index contributed by atoms with van der Waals surface area (Å²) in [4.78, 5) is 16.4. The maximum absolute atomic E-state index is 12.9. The lowest BCUT2D eigenvalue weighted by Crippen LogP contribution is -2.25. The van der Waals surface area contributed by atoms with E-state index in [-0.39, 0.29) is 11.7 Å². The van der Waals surface area contributed by atoms with Crippen molar-refractivity contribution in [2.45, 2.75) is 13.0 Å². The van der Waals surface area contributed by atoms with Crippen molar-refractivity contribution in [1.29, 1.82) is 0 Å². The van der Waals surface area contributed by atoms with E-state index in [1.807, 2.05) is 24.3 Å². The molecule has 3 aromatic rings. The van der Waals surface area contributed by atoms with Gasteiger partial charge in [-0.2, -0.15) is 0 Å². The molecule has 2 aromatic carbocycles. The summed E-state index contributed by atoms with van der Waals surface area (Å²) < 4.78 is 12.9. The van der Waals surface area contributed by atoms with Crippen LogP contribution in [0.4, 0.5) is 10.1 Å². The minimum absolute atomic E-state index is 0.185. The molecule has 4 nitrogen and oxygen atoms in total. The summed E-state index contributed by atoms with van der Waals surface area (Å²) in [6, 6.07) is 15.6. The Balaban J connectivity index is 1.52. The molecule has 0 saturated carbocycles. The normalized spacial score (nSPS) is 10.4. The van der Waals surface area contributed by atoms with Gasteiger partial charge >= 0.3 is 0 Å². The second-order valence-corrected chi connectivity index (χ2v) is 6.51. The number of amides is 1. The lowest BCUT2D eigenvalue weighted by atomic mass is 10.1. The topological polar surface area (TPSA) is 54.0 Å². The van der Waals surface area contributed by atoms with Crippen LogP contribution < -0.4 is 10.6 Å². The second-order valence-electron chi connectivity index (χ2n) is 6.08. The Bertz CT molecular complexity index is 915. The zero-order valence-electron chi connectivity index (χ0n) is 14.6. The Morgan fingerprint density at radius 3 is 2.63 bits per heavy atom. The molecule has 138 valence electrons. The fraction of sp³-hybridized carbons (Fsp3) is 0.143. The number of halogens is 2. The molecule has 1 aromatic heterocycles. The summed E-state index contributed by atoms with van der Waals surface area (Å²) in [7, 11) is 0. The molecule has 0 bridgehead atoms. The van der Waals surface area contributed by atoms with Gasteiger partial charge in [-0.15, -0.1) is 0 Å². The van der Waals surface area contributed by atoms with Crippen LogP contribution >= 0.6 is 11.6 Å². The molecule has 1 amide bonds. The largest absolute Gasteiger partial charge is 0.380 e. The number of pyridine rings is 1. The maximum Gasteiger partial charge on any atom is 0.252 e. The van der Waals surface area contributed by atoms with Crippen LogP contribution in [0.5, 0.6) is 0 Å². The number of hydrogen-bond donors (Lipinski definition) is 2. The van der Waals surface area contributed by atoms with Gasteiger partial charge < -0.3 is 10.6 Å². The third kappa shape index (κ3) is 5.79. The van der Waals surface area contributed by atoms with Crippen LogP contribution in [-0.2, 0) is 13.0 Å². The number of benzene rings is 2. The van der Waals surface area contributed by atoms with Crippen molar-refractivity contribution in [1.82, 2.24) is 10.3 Å². The van der Waals surface area contributed by atoms with Gasteiger partial charge in [0.05, 0.1) is 11.3 Å². The number of nitrogens with one attached hydrogen (secondary N) is 2. The molecule has 6 heteroatoms. The van der Waals surface area contributed by atoms with E-state index in [9.17, 15) is 9.18 Å². The monoisotopic (exact) mass is 383 g/mol. The molecule has 0 saturated heterocycles. The van der Waals surface area contributed by atoms with Crippen LogP contribution in [0.2, 0.25) is 5.02 Å². The highest BCUT2D eigenvalue weighted by atomic mass is 35.5. The Hall–Kier alpha value is -2.92. The van der Waals surface area contributed by atoms with E-state index in [4.69, 9.17) is 11.6 Å². The first-order valence-corrected chi connectivity index (χ1v) is 8.94. The van der Waals surface area contributed by atoms with Crippen LogP contribution in [0.25, 0.3) is 0 Å². The van der Waals surface area contributed by atoms with E-state index < -0.39 is 0 Å². The highest BCUT2D eigenvalue weighted by molar-refractivity contribution is 6.30. The fourth-order valence-corrected chi connectivity index (χ4v) is 2.79. The maximum atomic E-state index is 12.9. The van der Waals surface area contributed by atoms with Gasteiger partial charge in [-0.25, -0.2) is 4.39 Å². The van der Waals surface area contributed by atoms with Gasteiger partial charge in [-0.05, 0) is 47.9 Å². The van der Waals surface area contributed by atoms with Gasteiger partial charge in [0.25, 0.3) is 5.91 Å². The van der Waals surface area contributed by atoms with Gasteiger partial charge in [-0.1, -0.05) is 35.9 Å². The van der Waals surface area contributed by atoms with Gasteiger partial charge in [0, 0.05) is 30.5 Å². The Morgan fingerprint density at radius 2 is 1.85 bits per heavy atom. The lowest BCUT2D eigenvalue weighted by Gasteiger charge is -2.09. The van der Waals surface area contributed by atoms with E-state index in [2.05, 4.69) is 15.6 Å². The summed E-state index contributed by atoms with van der Waals surface area (Å²) in [6.45, 7) is 1.02. The van der Waals surface area contributed by atoms with Crippen molar-refractivity contribution < 1.29 is 9.18 Å². The smallest absolute Gasteiger partial charge is 0.252 e. The zero-order chi connectivity index (χ0) is 19.1. The fourth-order valence-electron chi connectivity index (χ4n) is 2.58. The van der Waals surface area contributed by atoms with Crippen molar-refractivity contribution in [2.75, 3.05) is 11.9 Å². The molecule has 0 radical (unpaired) electrons. The number of aromatic nitrogens is 1. The molecule has 3 rings (SSSR count). The van der Waals surface area contributed by atoms with Crippen LogP contribution in [0, 0.1) is 5.82 Å². The number of anilines is 1. The number of nitrogens with zero attached hydrogens (tertiary/aromatic N) is 1. The van der Waals surface area contributed by atoms with Crippen LogP contribution in [0.15, 0.2) is 67.0 Å².